The van der Waals surface area contributed by atoms with Crippen molar-refractivity contribution >= 4 is 73.0 Å². The summed E-state index contributed by atoms with van der Waals surface area (Å²) in [6.45, 7) is 14.0. The molecule has 3 amide bonds. The number of nitrogens with zero attached hydrogens (tertiary/aromatic N) is 8. The molecule has 4 aromatic heterocycles. The van der Waals surface area contributed by atoms with E-state index in [0.717, 1.165) is 120 Å². The summed E-state index contributed by atoms with van der Waals surface area (Å²) >= 11 is 1.45. The number of anilines is 3. The fraction of sp³-hybridized carbons (Fsp3) is 0.424. The molecule has 77 heavy (non-hydrogen) atoms. The van der Waals surface area contributed by atoms with Crippen LogP contribution in [-0.2, 0) is 39.1 Å². The number of ether oxygens (including phenoxy) is 3. The van der Waals surface area contributed by atoms with Gasteiger partial charge in [-0.05, 0) is 143 Å². The minimum absolute atomic E-state index is 0.0431. The highest BCUT2D eigenvalue weighted by Gasteiger charge is 2.33. The van der Waals surface area contributed by atoms with Crippen molar-refractivity contribution in [1.82, 2.24) is 34.9 Å². The first-order valence-corrected chi connectivity index (χ1v) is 27.8. The molecule has 0 spiro atoms. The predicted octanol–water partition coefficient (Wildman–Crippen LogP) is 9.16. The Morgan fingerprint density at radius 1 is 0.792 bits per heavy atom. The summed E-state index contributed by atoms with van der Waals surface area (Å²) in [6.07, 6.45) is 6.30. The number of piperazine rings is 1. The number of imide groups is 1. The number of carbonyl (C=O) groups is 4. The number of aromatic nitrogens is 5. The monoisotopic (exact) mass is 1060 g/mol. The Hall–Kier alpha value is -7.28. The van der Waals surface area contributed by atoms with Crippen LogP contribution in [0.4, 0.5) is 16.8 Å². The third kappa shape index (κ3) is 11.4. The first-order chi connectivity index (χ1) is 37.2. The molecule has 1 atom stereocenters. The molecule has 4 aliphatic rings. The van der Waals surface area contributed by atoms with Crippen LogP contribution in [-0.4, -0.2) is 117 Å². The highest BCUT2D eigenvalue weighted by molar-refractivity contribution is 7.22. The maximum atomic E-state index is 14.1. The minimum Gasteiger partial charge on any atom is -0.490 e. The Labute approximate surface area is 452 Å². The van der Waals surface area contributed by atoms with Crippen LogP contribution in [0.25, 0.3) is 32.4 Å². The van der Waals surface area contributed by atoms with E-state index in [2.05, 4.69) is 41.5 Å². The maximum absolute atomic E-state index is 14.1. The summed E-state index contributed by atoms with van der Waals surface area (Å²) in [5.74, 6) is 0.611. The number of amides is 3. The van der Waals surface area contributed by atoms with Crippen molar-refractivity contribution in [2.45, 2.75) is 109 Å². The number of piperidine rings is 1. The van der Waals surface area contributed by atoms with Gasteiger partial charge in [0.05, 0.1) is 34.0 Å². The number of pyridine rings is 2. The molecular formula is C59H66N10O7S. The number of thiazole rings is 1. The van der Waals surface area contributed by atoms with Crippen molar-refractivity contribution in [2.24, 2.45) is 7.05 Å². The second kappa shape index (κ2) is 22.0. The zero-order valence-corrected chi connectivity index (χ0v) is 45.3. The summed E-state index contributed by atoms with van der Waals surface area (Å²) < 4.78 is 21.9. The first-order valence-electron chi connectivity index (χ1n) is 27.0. The Morgan fingerprint density at radius 3 is 2.35 bits per heavy atom. The van der Waals surface area contributed by atoms with Crippen LogP contribution < -0.4 is 25.2 Å². The summed E-state index contributed by atoms with van der Waals surface area (Å²) in [5.41, 5.74) is 6.81. The molecule has 2 saturated heterocycles. The average molecular weight is 1060 g/mol. The smallest absolute Gasteiger partial charge is 0.358 e. The zero-order valence-electron chi connectivity index (χ0n) is 44.5. The summed E-state index contributed by atoms with van der Waals surface area (Å²) in [6, 6.07) is 27.6. The lowest BCUT2D eigenvalue weighted by atomic mass is 9.93. The van der Waals surface area contributed by atoms with Crippen LogP contribution >= 0.6 is 11.3 Å². The highest BCUT2D eigenvalue weighted by atomic mass is 32.1. The third-order valence-corrected chi connectivity index (χ3v) is 16.2. The van der Waals surface area contributed by atoms with Crippen LogP contribution in [0.5, 0.6) is 5.75 Å². The number of rotatable bonds is 14. The quantitative estimate of drug-likeness (QED) is 0.0597. The standard InChI is InChI=1S/C59H66N10O7S/c1-36-40(41-21-24-49(61-53(41)57(73)76-59(2,3)4)69-29-27-37-11-8-13-42(45(37)35-69)55(71)64-58-60-46-14-6-7-16-48(46)77-58)12-9-15-47(36)75-39-19-17-38(18-20-39)74-34-10-28-67-30-32-68(33-31-67)50-25-22-43-52(65-66(5)54(43)62-50)44-23-26-51(70)63-56(44)72/h6-9,11-16,21-22,24-25,38-39,44H,10,17-20,23,26-35H2,1-5H3,(H,60,64,71)(H,63,70,72). The number of benzene rings is 3. The van der Waals surface area contributed by atoms with Crippen molar-refractivity contribution in [3.63, 3.8) is 0 Å². The molecule has 0 bridgehead atoms. The average Bonchev–Trinajstić information content (AvgIpc) is 4.09. The normalized spacial score (nSPS) is 19.3. The molecule has 3 fully saturated rings. The van der Waals surface area contributed by atoms with Crippen molar-refractivity contribution in [1.29, 1.82) is 0 Å². The topological polar surface area (TPSA) is 186 Å². The number of aryl methyl sites for hydroxylation is 1. The Balaban J connectivity index is 0.676. The second-order valence-corrected chi connectivity index (χ2v) is 22.7. The van der Waals surface area contributed by atoms with Crippen LogP contribution in [0.15, 0.2) is 84.9 Å². The molecule has 7 heterocycles. The second-order valence-electron chi connectivity index (χ2n) is 21.7. The molecule has 3 aliphatic heterocycles. The van der Waals surface area contributed by atoms with E-state index >= 15 is 0 Å². The lowest BCUT2D eigenvalue weighted by molar-refractivity contribution is -0.134. The molecule has 0 radical (unpaired) electrons. The zero-order chi connectivity index (χ0) is 53.4. The lowest BCUT2D eigenvalue weighted by Crippen LogP contribution is -2.47. The number of para-hydroxylation sites is 1. The Kier molecular flexibility index (Phi) is 14.8. The van der Waals surface area contributed by atoms with E-state index in [9.17, 15) is 19.2 Å². The molecule has 2 N–H and O–H groups in total. The van der Waals surface area contributed by atoms with Gasteiger partial charge < -0.3 is 24.0 Å². The molecule has 11 rings (SSSR count). The van der Waals surface area contributed by atoms with Crippen LogP contribution in [0.2, 0.25) is 0 Å². The van der Waals surface area contributed by atoms with E-state index in [1.165, 1.54) is 11.3 Å². The summed E-state index contributed by atoms with van der Waals surface area (Å²) in [7, 11) is 1.85. The van der Waals surface area contributed by atoms with Crippen LogP contribution in [0.3, 0.4) is 0 Å². The van der Waals surface area contributed by atoms with E-state index in [0.29, 0.717) is 66.7 Å². The van der Waals surface area contributed by atoms with Gasteiger partial charge >= 0.3 is 5.97 Å². The van der Waals surface area contributed by atoms with Gasteiger partial charge in [0, 0.05) is 82.4 Å². The predicted molar refractivity (Wildman–Crippen MR) is 298 cm³/mol. The van der Waals surface area contributed by atoms with Gasteiger partial charge in [0.25, 0.3) is 5.91 Å². The number of carbonyl (C=O) groups excluding carboxylic acids is 4. The first kappa shape index (κ1) is 51.8. The lowest BCUT2D eigenvalue weighted by Gasteiger charge is -2.35. The van der Waals surface area contributed by atoms with E-state index in [1.54, 1.807) is 4.68 Å². The van der Waals surface area contributed by atoms with E-state index in [1.807, 2.05) is 114 Å². The van der Waals surface area contributed by atoms with Gasteiger partial charge in [0.1, 0.15) is 23.0 Å². The number of nitrogens with one attached hydrogen (secondary N) is 2. The minimum atomic E-state index is -0.742. The fourth-order valence-electron chi connectivity index (χ4n) is 11.2. The van der Waals surface area contributed by atoms with Gasteiger partial charge in [-0.3, -0.25) is 34.6 Å². The van der Waals surface area contributed by atoms with Crippen LogP contribution in [0, 0.1) is 6.92 Å². The van der Waals surface area contributed by atoms with E-state index < -0.39 is 17.5 Å². The van der Waals surface area contributed by atoms with Crippen LogP contribution in [0.1, 0.15) is 115 Å². The number of hydrogen-bond acceptors (Lipinski definition) is 15. The van der Waals surface area contributed by atoms with Gasteiger partial charge in [-0.15, -0.1) is 0 Å². The molecular weight excluding hydrogens is 993 g/mol. The molecule has 1 saturated carbocycles. The molecule has 17 nitrogen and oxygen atoms in total. The SMILES string of the molecule is Cc1c(OC2CCC(OCCCN3CCN(c4ccc5c(C6CCC(=O)NC6=O)nn(C)c5n4)CC3)CC2)cccc1-c1ccc(N2CCc3cccc(C(=O)Nc4nc5ccccc5s4)c3C2)nc1C(=O)OC(C)(C)C. The Bertz CT molecular complexity index is 3340. The third-order valence-electron chi connectivity index (χ3n) is 15.3. The van der Waals surface area contributed by atoms with Crippen molar-refractivity contribution < 1.29 is 33.4 Å². The van der Waals surface area contributed by atoms with Gasteiger partial charge in [0.2, 0.25) is 11.8 Å². The van der Waals surface area contributed by atoms with Crippen molar-refractivity contribution in [3.8, 4) is 16.9 Å². The van der Waals surface area contributed by atoms with Gasteiger partial charge in [0.15, 0.2) is 16.5 Å². The Morgan fingerprint density at radius 2 is 1.56 bits per heavy atom. The van der Waals surface area contributed by atoms with Crippen molar-refractivity contribution in [2.75, 3.05) is 61.0 Å². The van der Waals surface area contributed by atoms with Gasteiger partial charge in [-0.25, -0.2) is 19.7 Å². The molecule has 1 aliphatic carbocycles. The highest BCUT2D eigenvalue weighted by Crippen LogP contribution is 2.38. The maximum Gasteiger partial charge on any atom is 0.358 e. The largest absolute Gasteiger partial charge is 0.490 e. The molecule has 18 heteroatoms. The van der Waals surface area contributed by atoms with E-state index in [-0.39, 0.29) is 35.6 Å². The molecule has 3 aromatic carbocycles. The number of hydrogen-bond donors (Lipinski definition) is 2. The van der Waals surface area contributed by atoms with Gasteiger partial charge in [-0.2, -0.15) is 5.10 Å². The van der Waals surface area contributed by atoms with Crippen molar-refractivity contribution in [3.05, 3.63) is 119 Å². The van der Waals surface area contributed by atoms with Gasteiger partial charge in [-0.1, -0.05) is 47.7 Å². The number of fused-ring (bicyclic) bond motifs is 3. The van der Waals surface area contributed by atoms with E-state index in [4.69, 9.17) is 24.2 Å². The molecule has 7 aromatic rings. The number of esters is 1. The fourth-order valence-corrected chi connectivity index (χ4v) is 12.1. The summed E-state index contributed by atoms with van der Waals surface area (Å²) in [4.78, 5) is 73.8. The molecule has 1 unspecified atom stereocenters. The molecule has 400 valence electrons. The summed E-state index contributed by atoms with van der Waals surface area (Å²) in [5, 5.41) is 11.5.